The zero-order chi connectivity index (χ0) is 19.9. The molecule has 0 bridgehead atoms. The summed E-state index contributed by atoms with van der Waals surface area (Å²) >= 11 is 0. The molecule has 28 heavy (non-hydrogen) atoms. The lowest BCUT2D eigenvalue weighted by Gasteiger charge is -2.11. The summed E-state index contributed by atoms with van der Waals surface area (Å²) in [5, 5.41) is 6.43. The first-order valence-electron chi connectivity index (χ1n) is 8.83. The van der Waals surface area contributed by atoms with Crippen molar-refractivity contribution < 1.29 is 13.9 Å². The zero-order valence-electron chi connectivity index (χ0n) is 15.7. The molecule has 0 saturated carbocycles. The molecule has 3 rings (SSSR count). The summed E-state index contributed by atoms with van der Waals surface area (Å²) in [5.74, 6) is 1.26. The van der Waals surface area contributed by atoms with Gasteiger partial charge in [-0.25, -0.2) is 19.2 Å². The lowest BCUT2D eigenvalue weighted by Crippen LogP contribution is -2.08. The van der Waals surface area contributed by atoms with Gasteiger partial charge in [0.1, 0.15) is 23.3 Å². The molecule has 6 nitrogen and oxygen atoms in total. The van der Waals surface area contributed by atoms with Crippen molar-refractivity contribution in [2.45, 2.75) is 13.3 Å². The SMILES string of the molecule is COC(=O)c1cccc(Nc2cc(NCCc3ccc(F)cc3)nc(C)n2)c1. The van der Waals surface area contributed by atoms with Crippen LogP contribution < -0.4 is 10.6 Å². The summed E-state index contributed by atoms with van der Waals surface area (Å²) in [7, 11) is 1.35. The first kappa shape index (κ1) is 19.3. The Hall–Kier alpha value is -3.48. The number of halogens is 1. The number of hydrogen-bond acceptors (Lipinski definition) is 6. The van der Waals surface area contributed by atoms with Crippen LogP contribution in [-0.2, 0) is 11.2 Å². The van der Waals surface area contributed by atoms with Gasteiger partial charge in [0.05, 0.1) is 12.7 Å². The van der Waals surface area contributed by atoms with Gasteiger partial charge in [0.15, 0.2) is 0 Å². The molecule has 2 N–H and O–H groups in total. The summed E-state index contributed by atoms with van der Waals surface area (Å²) in [4.78, 5) is 20.4. The maximum Gasteiger partial charge on any atom is 0.337 e. The largest absolute Gasteiger partial charge is 0.465 e. The van der Waals surface area contributed by atoms with Gasteiger partial charge < -0.3 is 15.4 Å². The number of aromatic nitrogens is 2. The molecule has 0 aliphatic heterocycles. The van der Waals surface area contributed by atoms with Gasteiger partial charge in [0, 0.05) is 18.3 Å². The van der Waals surface area contributed by atoms with Gasteiger partial charge in [-0.05, 0) is 49.2 Å². The molecule has 0 unspecified atom stereocenters. The Morgan fingerprint density at radius 3 is 2.57 bits per heavy atom. The summed E-state index contributed by atoms with van der Waals surface area (Å²) in [6, 6.07) is 15.2. The summed E-state index contributed by atoms with van der Waals surface area (Å²) in [6.45, 7) is 2.46. The van der Waals surface area contributed by atoms with E-state index in [0.717, 1.165) is 17.7 Å². The van der Waals surface area contributed by atoms with Crippen molar-refractivity contribution in [3.05, 3.63) is 77.4 Å². The van der Waals surface area contributed by atoms with Crippen LogP contribution in [0.3, 0.4) is 0 Å². The highest BCUT2D eigenvalue weighted by molar-refractivity contribution is 5.90. The second kappa shape index (κ2) is 8.94. The molecule has 0 aliphatic carbocycles. The number of ether oxygens (including phenoxy) is 1. The minimum Gasteiger partial charge on any atom is -0.465 e. The maximum atomic E-state index is 13.0. The van der Waals surface area contributed by atoms with Crippen LogP contribution in [0.25, 0.3) is 0 Å². The molecule has 0 aliphatic rings. The maximum absolute atomic E-state index is 13.0. The van der Waals surface area contributed by atoms with Gasteiger partial charge >= 0.3 is 5.97 Å². The smallest absolute Gasteiger partial charge is 0.337 e. The molecule has 0 radical (unpaired) electrons. The molecule has 0 atom stereocenters. The monoisotopic (exact) mass is 380 g/mol. The molecule has 1 heterocycles. The fourth-order valence-corrected chi connectivity index (χ4v) is 2.70. The van der Waals surface area contributed by atoms with E-state index in [9.17, 15) is 9.18 Å². The van der Waals surface area contributed by atoms with Crippen LogP contribution in [0.4, 0.5) is 21.7 Å². The Morgan fingerprint density at radius 1 is 1.07 bits per heavy atom. The number of benzene rings is 2. The molecular formula is C21H21FN4O2. The third-order valence-electron chi connectivity index (χ3n) is 4.03. The van der Waals surface area contributed by atoms with Crippen molar-refractivity contribution in [1.82, 2.24) is 9.97 Å². The van der Waals surface area contributed by atoms with Crippen molar-refractivity contribution in [3.8, 4) is 0 Å². The molecular weight excluding hydrogens is 359 g/mol. The van der Waals surface area contributed by atoms with Gasteiger partial charge in [0.25, 0.3) is 0 Å². The fourth-order valence-electron chi connectivity index (χ4n) is 2.70. The number of rotatable bonds is 7. The lowest BCUT2D eigenvalue weighted by molar-refractivity contribution is 0.0601. The first-order valence-corrected chi connectivity index (χ1v) is 8.83. The standard InChI is InChI=1S/C21H21FN4O2/c1-14-24-19(23-11-10-15-6-8-17(22)9-7-15)13-20(25-14)26-18-5-3-4-16(12-18)21(27)28-2/h3-9,12-13H,10-11H2,1-2H3,(H2,23,24,25,26). The van der Waals surface area contributed by atoms with Crippen LogP contribution in [-0.4, -0.2) is 29.6 Å². The lowest BCUT2D eigenvalue weighted by atomic mass is 10.1. The van der Waals surface area contributed by atoms with Crippen LogP contribution in [0, 0.1) is 12.7 Å². The molecule has 144 valence electrons. The number of esters is 1. The second-order valence-corrected chi connectivity index (χ2v) is 6.19. The minimum absolute atomic E-state index is 0.241. The van der Waals surface area contributed by atoms with Gasteiger partial charge in [-0.15, -0.1) is 0 Å². The average Bonchev–Trinajstić information content (AvgIpc) is 2.68. The fraction of sp³-hybridized carbons (Fsp3) is 0.190. The Kier molecular flexibility index (Phi) is 6.16. The molecule has 1 aromatic heterocycles. The molecule has 0 amide bonds. The predicted octanol–water partition coefficient (Wildman–Crippen LogP) is 4.11. The second-order valence-electron chi connectivity index (χ2n) is 6.19. The van der Waals surface area contributed by atoms with E-state index in [1.165, 1.54) is 19.2 Å². The molecule has 0 fully saturated rings. The van der Waals surface area contributed by atoms with E-state index in [1.807, 2.05) is 6.07 Å². The molecule has 3 aromatic rings. The number of nitrogens with one attached hydrogen (secondary N) is 2. The van der Waals surface area contributed by atoms with Crippen LogP contribution in [0.2, 0.25) is 0 Å². The number of aryl methyl sites for hydroxylation is 1. The Labute approximate surface area is 162 Å². The Morgan fingerprint density at radius 2 is 1.82 bits per heavy atom. The quantitative estimate of drug-likeness (QED) is 0.601. The van der Waals surface area contributed by atoms with Crippen LogP contribution >= 0.6 is 0 Å². The number of carbonyl (C=O) groups is 1. The third-order valence-corrected chi connectivity index (χ3v) is 4.03. The average molecular weight is 380 g/mol. The normalized spacial score (nSPS) is 10.4. The van der Waals surface area contributed by atoms with Crippen LogP contribution in [0.5, 0.6) is 0 Å². The van der Waals surface area contributed by atoms with Gasteiger partial charge in [-0.3, -0.25) is 0 Å². The van der Waals surface area contributed by atoms with E-state index >= 15 is 0 Å². The number of carbonyl (C=O) groups excluding carboxylic acids is 1. The van der Waals surface area contributed by atoms with E-state index in [1.54, 1.807) is 43.3 Å². The van der Waals surface area contributed by atoms with Crippen molar-refractivity contribution in [3.63, 3.8) is 0 Å². The van der Waals surface area contributed by atoms with E-state index < -0.39 is 5.97 Å². The zero-order valence-corrected chi connectivity index (χ0v) is 15.7. The van der Waals surface area contributed by atoms with Gasteiger partial charge in [-0.1, -0.05) is 18.2 Å². The van der Waals surface area contributed by atoms with Crippen molar-refractivity contribution in [2.24, 2.45) is 0 Å². The molecule has 0 saturated heterocycles. The number of methoxy groups -OCH3 is 1. The minimum atomic E-state index is -0.398. The predicted molar refractivity (Wildman–Crippen MR) is 106 cm³/mol. The van der Waals surface area contributed by atoms with Crippen LogP contribution in [0.1, 0.15) is 21.7 Å². The van der Waals surface area contributed by atoms with Crippen molar-refractivity contribution in [2.75, 3.05) is 24.3 Å². The summed E-state index contributed by atoms with van der Waals surface area (Å²) < 4.78 is 17.7. The topological polar surface area (TPSA) is 76.1 Å². The number of nitrogens with zero attached hydrogens (tertiary/aromatic N) is 2. The van der Waals surface area contributed by atoms with Crippen LogP contribution in [0.15, 0.2) is 54.6 Å². The summed E-state index contributed by atoms with van der Waals surface area (Å²) in [5.41, 5.74) is 2.21. The van der Waals surface area contributed by atoms with E-state index in [4.69, 9.17) is 4.74 Å². The first-order chi connectivity index (χ1) is 13.5. The molecule has 2 aromatic carbocycles. The summed E-state index contributed by atoms with van der Waals surface area (Å²) in [6.07, 6.45) is 0.743. The highest BCUT2D eigenvalue weighted by Crippen LogP contribution is 2.19. The van der Waals surface area contributed by atoms with Crippen molar-refractivity contribution in [1.29, 1.82) is 0 Å². The Balaban J connectivity index is 1.66. The highest BCUT2D eigenvalue weighted by Gasteiger charge is 2.07. The van der Waals surface area contributed by atoms with Crippen molar-refractivity contribution >= 4 is 23.3 Å². The Bertz CT molecular complexity index is 961. The van der Waals surface area contributed by atoms with Gasteiger partial charge in [0.2, 0.25) is 0 Å². The highest BCUT2D eigenvalue weighted by atomic mass is 19.1. The van der Waals surface area contributed by atoms with Gasteiger partial charge in [-0.2, -0.15) is 0 Å². The number of hydrogen-bond donors (Lipinski definition) is 2. The van der Waals surface area contributed by atoms with E-state index in [2.05, 4.69) is 20.6 Å². The molecule has 7 heteroatoms. The van der Waals surface area contributed by atoms with E-state index in [0.29, 0.717) is 29.6 Å². The third kappa shape index (κ3) is 5.26. The van der Waals surface area contributed by atoms with E-state index in [-0.39, 0.29) is 5.82 Å². The molecule has 0 spiro atoms. The number of anilines is 3.